The van der Waals surface area contributed by atoms with Crippen molar-refractivity contribution in [2.45, 2.75) is 57.7 Å². The van der Waals surface area contributed by atoms with Crippen LogP contribution in [0.1, 0.15) is 51.3 Å². The summed E-state index contributed by atoms with van der Waals surface area (Å²) in [5, 5.41) is 4.88. The van der Waals surface area contributed by atoms with Gasteiger partial charge in [-0.05, 0) is 41.1 Å². The number of hydrogen-bond acceptors (Lipinski definition) is 3. The van der Waals surface area contributed by atoms with Gasteiger partial charge in [-0.15, -0.1) is 0 Å². The van der Waals surface area contributed by atoms with Crippen LogP contribution in [0.2, 0.25) is 0 Å². The zero-order valence-corrected chi connectivity index (χ0v) is 15.5. The molecule has 2 heterocycles. The first kappa shape index (κ1) is 15.2. The highest BCUT2D eigenvalue weighted by Crippen LogP contribution is 2.62. The van der Waals surface area contributed by atoms with E-state index in [4.69, 9.17) is 14.6 Å². The maximum atomic E-state index is 6.15. The zero-order valence-electron chi connectivity index (χ0n) is 13.9. The molecule has 2 aliphatic carbocycles. The van der Waals surface area contributed by atoms with Gasteiger partial charge in [-0.1, -0.05) is 20.8 Å². The molecule has 1 saturated heterocycles. The molecule has 1 aromatic heterocycles. The first-order valence-electron chi connectivity index (χ1n) is 8.32. The predicted octanol–water partition coefficient (Wildman–Crippen LogP) is 3.57. The molecule has 0 aromatic carbocycles. The highest BCUT2D eigenvalue weighted by atomic mass is 79.9. The number of nitrogens with zero attached hydrogens (tertiary/aromatic N) is 2. The smallest absolute Gasteiger partial charge is 0.173 e. The maximum absolute atomic E-state index is 6.15. The molecule has 3 aliphatic rings. The van der Waals surface area contributed by atoms with Crippen LogP contribution in [0.15, 0.2) is 4.60 Å². The second-order valence-electron chi connectivity index (χ2n) is 7.92. The van der Waals surface area contributed by atoms with Crippen LogP contribution in [-0.2, 0) is 28.4 Å². The van der Waals surface area contributed by atoms with Gasteiger partial charge in [-0.2, -0.15) is 5.10 Å². The lowest BCUT2D eigenvalue weighted by atomic mass is 9.49. The van der Waals surface area contributed by atoms with E-state index >= 15 is 0 Å². The lowest BCUT2D eigenvalue weighted by Gasteiger charge is -2.59. The number of ether oxygens (including phenoxy) is 2. The van der Waals surface area contributed by atoms with Gasteiger partial charge in [0.15, 0.2) is 5.79 Å². The Kier molecular flexibility index (Phi) is 3.15. The molecule has 0 amide bonds. The van der Waals surface area contributed by atoms with Crippen molar-refractivity contribution >= 4 is 15.9 Å². The predicted molar refractivity (Wildman–Crippen MR) is 87.7 cm³/mol. The minimum atomic E-state index is -0.388. The second kappa shape index (κ2) is 4.58. The molecule has 1 aliphatic heterocycles. The quantitative estimate of drug-likeness (QED) is 0.702. The number of rotatable bonds is 0. The number of hydrogen-bond donors (Lipinski definition) is 0. The largest absolute Gasteiger partial charge is 0.347 e. The molecule has 5 heteroatoms. The zero-order chi connectivity index (χ0) is 15.8. The fraction of sp³-hybridized carbons (Fsp3) is 0.824. The van der Waals surface area contributed by atoms with Gasteiger partial charge >= 0.3 is 0 Å². The van der Waals surface area contributed by atoms with Gasteiger partial charge in [-0.25, -0.2) is 0 Å². The Morgan fingerprint density at radius 1 is 1.18 bits per heavy atom. The topological polar surface area (TPSA) is 36.3 Å². The molecule has 1 spiro atoms. The van der Waals surface area contributed by atoms with Crippen LogP contribution in [0.5, 0.6) is 0 Å². The molecule has 2 unspecified atom stereocenters. The van der Waals surface area contributed by atoms with Crippen molar-refractivity contribution < 1.29 is 9.47 Å². The molecule has 0 N–H and O–H groups in total. The van der Waals surface area contributed by atoms with Gasteiger partial charge in [0.1, 0.15) is 4.60 Å². The van der Waals surface area contributed by atoms with Crippen LogP contribution in [0, 0.1) is 11.3 Å². The van der Waals surface area contributed by atoms with Crippen molar-refractivity contribution in [2.24, 2.45) is 18.4 Å². The summed E-state index contributed by atoms with van der Waals surface area (Å²) in [6.07, 6.45) is 4.30. The van der Waals surface area contributed by atoms with Gasteiger partial charge in [0.25, 0.3) is 0 Å². The third kappa shape index (κ3) is 1.68. The molecule has 22 heavy (non-hydrogen) atoms. The molecule has 4 rings (SSSR count). The fourth-order valence-corrected chi connectivity index (χ4v) is 5.90. The average Bonchev–Trinajstić information content (AvgIpc) is 3.05. The Morgan fingerprint density at radius 2 is 1.86 bits per heavy atom. The fourth-order valence-electron chi connectivity index (χ4n) is 5.43. The lowest BCUT2D eigenvalue weighted by Crippen LogP contribution is -2.61. The van der Waals surface area contributed by atoms with Crippen LogP contribution in [0.4, 0.5) is 0 Å². The van der Waals surface area contributed by atoms with Crippen molar-refractivity contribution in [3.63, 3.8) is 0 Å². The number of fused-ring (bicyclic) bond motifs is 3. The Labute approximate surface area is 140 Å². The minimum absolute atomic E-state index is 0.00180. The van der Waals surface area contributed by atoms with Gasteiger partial charge in [-0.3, -0.25) is 4.68 Å². The summed E-state index contributed by atoms with van der Waals surface area (Å²) < 4.78 is 15.4. The van der Waals surface area contributed by atoms with Crippen LogP contribution in [0.3, 0.4) is 0 Å². The molecule has 0 radical (unpaired) electrons. The van der Waals surface area contributed by atoms with E-state index in [1.165, 1.54) is 17.7 Å². The molecular formula is C17H25BrN2O2. The van der Waals surface area contributed by atoms with E-state index in [2.05, 4.69) is 36.7 Å². The molecule has 122 valence electrons. The Bertz CT molecular complexity index is 618. The summed E-state index contributed by atoms with van der Waals surface area (Å²) in [6.45, 7) is 8.53. The van der Waals surface area contributed by atoms with Gasteiger partial charge in [0, 0.05) is 29.9 Å². The minimum Gasteiger partial charge on any atom is -0.347 e. The Morgan fingerprint density at radius 3 is 2.55 bits per heavy atom. The Hall–Kier alpha value is -0.390. The molecule has 1 saturated carbocycles. The van der Waals surface area contributed by atoms with Crippen LogP contribution < -0.4 is 0 Å². The van der Waals surface area contributed by atoms with Crippen LogP contribution >= 0.6 is 15.9 Å². The van der Waals surface area contributed by atoms with Crippen molar-refractivity contribution in [2.75, 3.05) is 13.2 Å². The second-order valence-corrected chi connectivity index (χ2v) is 8.67. The SMILES string of the molecule is Cn1nc2c(c1Br)CCC1C2(C)CCC2(OCCO2)C1(C)C. The van der Waals surface area contributed by atoms with Crippen molar-refractivity contribution in [3.05, 3.63) is 15.9 Å². The first-order chi connectivity index (χ1) is 10.3. The first-order valence-corrected chi connectivity index (χ1v) is 9.11. The van der Waals surface area contributed by atoms with E-state index in [-0.39, 0.29) is 16.6 Å². The summed E-state index contributed by atoms with van der Waals surface area (Å²) >= 11 is 3.72. The number of halogens is 1. The molecule has 1 aromatic rings. The summed E-state index contributed by atoms with van der Waals surface area (Å²) in [7, 11) is 2.03. The standard InChI is InChI=1S/C17H25BrN2O2/c1-15(2)12-6-5-11-13(19-20(4)14(11)18)16(12,3)7-8-17(15)21-9-10-22-17/h12H,5-10H2,1-4H3. The van der Waals surface area contributed by atoms with Gasteiger partial charge in [0.05, 0.1) is 18.9 Å². The number of aryl methyl sites for hydroxylation is 1. The lowest BCUT2D eigenvalue weighted by molar-refractivity contribution is -0.276. The molecular weight excluding hydrogens is 344 g/mol. The van der Waals surface area contributed by atoms with E-state index in [1.54, 1.807) is 0 Å². The average molecular weight is 369 g/mol. The van der Waals surface area contributed by atoms with E-state index in [0.717, 1.165) is 37.1 Å². The summed E-state index contributed by atoms with van der Waals surface area (Å²) in [5.74, 6) is 0.141. The molecule has 4 nitrogen and oxygen atoms in total. The van der Waals surface area contributed by atoms with Crippen LogP contribution in [0.25, 0.3) is 0 Å². The van der Waals surface area contributed by atoms with Crippen molar-refractivity contribution in [1.29, 1.82) is 0 Å². The highest BCUT2D eigenvalue weighted by molar-refractivity contribution is 9.10. The van der Waals surface area contributed by atoms with Gasteiger partial charge < -0.3 is 9.47 Å². The van der Waals surface area contributed by atoms with E-state index < -0.39 is 0 Å². The van der Waals surface area contributed by atoms with E-state index in [0.29, 0.717) is 5.92 Å². The molecule has 0 bridgehead atoms. The summed E-state index contributed by atoms with van der Waals surface area (Å²) in [4.78, 5) is 0. The monoisotopic (exact) mass is 368 g/mol. The summed E-state index contributed by atoms with van der Waals surface area (Å²) in [5.41, 5.74) is 2.81. The van der Waals surface area contributed by atoms with Gasteiger partial charge in [0.2, 0.25) is 0 Å². The van der Waals surface area contributed by atoms with E-state index in [9.17, 15) is 0 Å². The normalized spacial score (nSPS) is 35.4. The molecule has 2 atom stereocenters. The highest BCUT2D eigenvalue weighted by Gasteiger charge is 2.63. The van der Waals surface area contributed by atoms with Crippen LogP contribution in [-0.4, -0.2) is 28.8 Å². The van der Waals surface area contributed by atoms with Crippen molar-refractivity contribution in [3.8, 4) is 0 Å². The Balaban J connectivity index is 1.81. The number of aromatic nitrogens is 2. The maximum Gasteiger partial charge on any atom is 0.173 e. The van der Waals surface area contributed by atoms with Crippen molar-refractivity contribution in [1.82, 2.24) is 9.78 Å². The summed E-state index contributed by atoms with van der Waals surface area (Å²) in [6, 6.07) is 0. The third-order valence-electron chi connectivity index (χ3n) is 6.64. The van der Waals surface area contributed by atoms with E-state index in [1.807, 2.05) is 11.7 Å². The molecule has 2 fully saturated rings. The third-order valence-corrected chi connectivity index (χ3v) is 7.63.